The predicted molar refractivity (Wildman–Crippen MR) is 82.4 cm³/mol. The standard InChI is InChI=1S/C17H27FN2/c1-14(12-17-8-3-2-4-10-20-17)19-11-9-15-6-5-7-16(18)13-15/h5-7,13-14,17,19-20H,2-4,8-12H2,1H3. The molecule has 0 radical (unpaired) electrons. The van der Waals surface area contributed by atoms with E-state index in [0.717, 1.165) is 18.5 Å². The molecular weight excluding hydrogens is 251 g/mol. The number of halogens is 1. The highest BCUT2D eigenvalue weighted by atomic mass is 19.1. The van der Waals surface area contributed by atoms with E-state index in [2.05, 4.69) is 17.6 Å². The molecule has 1 aromatic carbocycles. The zero-order chi connectivity index (χ0) is 14.2. The second-order valence-electron chi connectivity index (χ2n) is 5.97. The Kier molecular flexibility index (Phi) is 6.48. The number of benzene rings is 1. The first-order chi connectivity index (χ1) is 9.74. The Balaban J connectivity index is 1.65. The lowest BCUT2D eigenvalue weighted by atomic mass is 10.0. The van der Waals surface area contributed by atoms with Crippen molar-refractivity contribution < 1.29 is 4.39 Å². The Labute approximate surface area is 122 Å². The van der Waals surface area contributed by atoms with Crippen molar-refractivity contribution in [2.45, 2.75) is 57.5 Å². The first-order valence-electron chi connectivity index (χ1n) is 7.95. The first-order valence-corrected chi connectivity index (χ1v) is 7.95. The highest BCUT2D eigenvalue weighted by Crippen LogP contribution is 2.12. The second kappa shape index (κ2) is 8.38. The average Bonchev–Trinajstić information content (AvgIpc) is 2.67. The molecule has 20 heavy (non-hydrogen) atoms. The van der Waals surface area contributed by atoms with E-state index in [4.69, 9.17) is 0 Å². The summed E-state index contributed by atoms with van der Waals surface area (Å²) in [4.78, 5) is 0. The van der Waals surface area contributed by atoms with Crippen LogP contribution in [0.1, 0.15) is 44.6 Å². The van der Waals surface area contributed by atoms with Crippen LogP contribution in [0.3, 0.4) is 0 Å². The smallest absolute Gasteiger partial charge is 0.123 e. The minimum absolute atomic E-state index is 0.141. The number of nitrogens with one attached hydrogen (secondary N) is 2. The number of hydrogen-bond acceptors (Lipinski definition) is 2. The molecule has 1 heterocycles. The van der Waals surface area contributed by atoms with Crippen LogP contribution in [0.25, 0.3) is 0 Å². The van der Waals surface area contributed by atoms with Gasteiger partial charge in [0.2, 0.25) is 0 Å². The maximum atomic E-state index is 13.1. The third-order valence-electron chi connectivity index (χ3n) is 4.10. The van der Waals surface area contributed by atoms with Gasteiger partial charge < -0.3 is 10.6 Å². The van der Waals surface area contributed by atoms with E-state index in [1.165, 1.54) is 44.7 Å². The molecule has 2 atom stereocenters. The predicted octanol–water partition coefficient (Wildman–Crippen LogP) is 3.27. The topological polar surface area (TPSA) is 24.1 Å². The number of rotatable bonds is 6. The van der Waals surface area contributed by atoms with Gasteiger partial charge in [0.1, 0.15) is 5.82 Å². The highest BCUT2D eigenvalue weighted by Gasteiger charge is 2.14. The molecule has 2 nitrogen and oxygen atoms in total. The van der Waals surface area contributed by atoms with Gasteiger partial charge in [-0.2, -0.15) is 0 Å². The zero-order valence-corrected chi connectivity index (χ0v) is 12.5. The van der Waals surface area contributed by atoms with E-state index in [0.29, 0.717) is 12.1 Å². The molecule has 112 valence electrons. The van der Waals surface area contributed by atoms with E-state index in [1.807, 2.05) is 6.07 Å². The highest BCUT2D eigenvalue weighted by molar-refractivity contribution is 5.16. The third kappa shape index (κ3) is 5.59. The minimum Gasteiger partial charge on any atom is -0.314 e. The van der Waals surface area contributed by atoms with Gasteiger partial charge in [0.25, 0.3) is 0 Å². The summed E-state index contributed by atoms with van der Waals surface area (Å²) < 4.78 is 13.1. The van der Waals surface area contributed by atoms with Crippen molar-refractivity contribution in [1.82, 2.24) is 10.6 Å². The molecule has 0 saturated carbocycles. The van der Waals surface area contributed by atoms with Crippen LogP contribution in [-0.2, 0) is 6.42 Å². The molecule has 0 aliphatic carbocycles. The molecular formula is C17H27FN2. The van der Waals surface area contributed by atoms with Crippen LogP contribution < -0.4 is 10.6 Å². The van der Waals surface area contributed by atoms with Crippen molar-refractivity contribution in [3.63, 3.8) is 0 Å². The van der Waals surface area contributed by atoms with Crippen molar-refractivity contribution in [3.05, 3.63) is 35.6 Å². The van der Waals surface area contributed by atoms with E-state index in [-0.39, 0.29) is 5.82 Å². The quantitative estimate of drug-likeness (QED) is 0.834. The van der Waals surface area contributed by atoms with Crippen molar-refractivity contribution >= 4 is 0 Å². The molecule has 0 bridgehead atoms. The van der Waals surface area contributed by atoms with Gasteiger partial charge in [-0.15, -0.1) is 0 Å². The van der Waals surface area contributed by atoms with Gasteiger partial charge in [-0.3, -0.25) is 0 Å². The fourth-order valence-corrected chi connectivity index (χ4v) is 2.97. The van der Waals surface area contributed by atoms with Crippen molar-refractivity contribution in [2.75, 3.05) is 13.1 Å². The van der Waals surface area contributed by atoms with Gasteiger partial charge in [0, 0.05) is 12.1 Å². The van der Waals surface area contributed by atoms with E-state index in [1.54, 1.807) is 12.1 Å². The first kappa shape index (κ1) is 15.5. The van der Waals surface area contributed by atoms with E-state index >= 15 is 0 Å². The molecule has 0 aromatic heterocycles. The lowest BCUT2D eigenvalue weighted by molar-refractivity contribution is 0.404. The van der Waals surface area contributed by atoms with Crippen molar-refractivity contribution in [2.24, 2.45) is 0 Å². The average molecular weight is 278 g/mol. The van der Waals surface area contributed by atoms with E-state index in [9.17, 15) is 4.39 Å². The lowest BCUT2D eigenvalue weighted by Gasteiger charge is -2.21. The maximum Gasteiger partial charge on any atom is 0.123 e. The summed E-state index contributed by atoms with van der Waals surface area (Å²) >= 11 is 0. The molecule has 1 aliphatic rings. The van der Waals surface area contributed by atoms with Crippen LogP contribution in [-0.4, -0.2) is 25.2 Å². The number of hydrogen-bond donors (Lipinski definition) is 2. The fraction of sp³-hybridized carbons (Fsp3) is 0.647. The minimum atomic E-state index is -0.141. The van der Waals surface area contributed by atoms with Gasteiger partial charge in [0.05, 0.1) is 0 Å². The molecule has 2 rings (SSSR count). The Hall–Kier alpha value is -0.930. The molecule has 0 amide bonds. The van der Waals surface area contributed by atoms with Crippen LogP contribution in [0, 0.1) is 5.82 Å². The van der Waals surface area contributed by atoms with Gasteiger partial charge >= 0.3 is 0 Å². The zero-order valence-electron chi connectivity index (χ0n) is 12.5. The summed E-state index contributed by atoms with van der Waals surface area (Å²) in [6.07, 6.45) is 7.41. The van der Waals surface area contributed by atoms with Gasteiger partial charge in [-0.1, -0.05) is 25.0 Å². The maximum absolute atomic E-state index is 13.1. The van der Waals surface area contributed by atoms with Gasteiger partial charge in [0.15, 0.2) is 0 Å². The van der Waals surface area contributed by atoms with Crippen LogP contribution in [0.5, 0.6) is 0 Å². The van der Waals surface area contributed by atoms with Crippen LogP contribution in [0.2, 0.25) is 0 Å². The van der Waals surface area contributed by atoms with E-state index < -0.39 is 0 Å². The third-order valence-corrected chi connectivity index (χ3v) is 4.10. The fourth-order valence-electron chi connectivity index (χ4n) is 2.97. The van der Waals surface area contributed by atoms with Crippen LogP contribution in [0.4, 0.5) is 4.39 Å². The normalized spacial score (nSPS) is 21.4. The molecule has 0 spiro atoms. The van der Waals surface area contributed by atoms with Gasteiger partial charge in [-0.25, -0.2) is 4.39 Å². The van der Waals surface area contributed by atoms with Crippen LogP contribution in [0.15, 0.2) is 24.3 Å². The van der Waals surface area contributed by atoms with Crippen molar-refractivity contribution in [1.29, 1.82) is 0 Å². The Morgan fingerprint density at radius 3 is 3.10 bits per heavy atom. The molecule has 3 heteroatoms. The molecule has 2 N–H and O–H groups in total. The second-order valence-corrected chi connectivity index (χ2v) is 5.97. The summed E-state index contributed by atoms with van der Waals surface area (Å²) in [5.74, 6) is -0.141. The lowest BCUT2D eigenvalue weighted by Crippen LogP contribution is -2.37. The largest absolute Gasteiger partial charge is 0.314 e. The molecule has 1 aromatic rings. The van der Waals surface area contributed by atoms with Gasteiger partial charge in [-0.05, 0) is 63.4 Å². The summed E-state index contributed by atoms with van der Waals surface area (Å²) in [7, 11) is 0. The monoisotopic (exact) mass is 278 g/mol. The molecule has 1 fully saturated rings. The summed E-state index contributed by atoms with van der Waals surface area (Å²) in [5, 5.41) is 7.19. The SMILES string of the molecule is CC(CC1CCCCCN1)NCCc1cccc(F)c1. The Morgan fingerprint density at radius 1 is 1.35 bits per heavy atom. The Bertz CT molecular complexity index is 386. The summed E-state index contributed by atoms with van der Waals surface area (Å²) in [6.45, 7) is 4.33. The van der Waals surface area contributed by atoms with Crippen LogP contribution >= 0.6 is 0 Å². The Morgan fingerprint density at radius 2 is 2.25 bits per heavy atom. The summed E-state index contributed by atoms with van der Waals surface area (Å²) in [5.41, 5.74) is 1.07. The molecule has 1 saturated heterocycles. The summed E-state index contributed by atoms with van der Waals surface area (Å²) in [6, 6.07) is 8.07. The molecule has 1 aliphatic heterocycles. The van der Waals surface area contributed by atoms with Crippen molar-refractivity contribution in [3.8, 4) is 0 Å². The molecule has 2 unspecified atom stereocenters.